The van der Waals surface area contributed by atoms with E-state index >= 15 is 0 Å². The molecular weight excluding hydrogens is 358 g/mol. The smallest absolute Gasteiger partial charge is 0.285 e. The van der Waals surface area contributed by atoms with Gasteiger partial charge in [0.1, 0.15) is 4.90 Å². The summed E-state index contributed by atoms with van der Waals surface area (Å²) in [5, 5.41) is 2.00. The minimum atomic E-state index is -3.68. The number of nitrogens with zero attached hydrogens (tertiary/aromatic N) is 3. The molecule has 25 heavy (non-hydrogen) atoms. The molecule has 0 bridgehead atoms. The van der Waals surface area contributed by atoms with Gasteiger partial charge in [0.05, 0.1) is 13.1 Å². The summed E-state index contributed by atoms with van der Waals surface area (Å²) < 4.78 is 28.1. The lowest BCUT2D eigenvalue weighted by atomic mass is 10.2. The molecule has 3 rings (SSSR count). The van der Waals surface area contributed by atoms with Gasteiger partial charge in [-0.25, -0.2) is 0 Å². The Hall–Kier alpha value is -2.19. The van der Waals surface area contributed by atoms with Gasteiger partial charge in [-0.15, -0.1) is 15.7 Å². The van der Waals surface area contributed by atoms with Crippen LogP contribution >= 0.6 is 11.3 Å². The summed E-state index contributed by atoms with van der Waals surface area (Å²) in [4.78, 5) is 17.1. The fraction of sp³-hybridized carbons (Fsp3) is 0.294. The normalized spacial score (nSPS) is 14.8. The predicted molar refractivity (Wildman–Crippen MR) is 98.3 cm³/mol. The molecule has 0 aliphatic carbocycles. The molecule has 0 saturated carbocycles. The number of amides is 1. The number of likely N-dealkylation sites (N-methyl/N-ethyl adjacent to an activating group) is 2. The van der Waals surface area contributed by atoms with Crippen LogP contribution in [0.2, 0.25) is 0 Å². The van der Waals surface area contributed by atoms with Gasteiger partial charge in [-0.2, -0.15) is 8.42 Å². The summed E-state index contributed by atoms with van der Waals surface area (Å²) in [6.07, 6.45) is 0. The number of sulfonamides is 1. The summed E-state index contributed by atoms with van der Waals surface area (Å²) in [5.41, 5.74) is 1.70. The zero-order valence-electron chi connectivity index (χ0n) is 14.3. The van der Waals surface area contributed by atoms with Crippen molar-refractivity contribution < 1.29 is 13.2 Å². The van der Waals surface area contributed by atoms with E-state index in [9.17, 15) is 13.2 Å². The van der Waals surface area contributed by atoms with Crippen molar-refractivity contribution in [2.45, 2.75) is 18.4 Å². The van der Waals surface area contributed by atoms with Crippen LogP contribution in [0, 0.1) is 6.92 Å². The number of rotatable bonds is 4. The van der Waals surface area contributed by atoms with E-state index in [1.807, 2.05) is 18.4 Å². The number of amidine groups is 1. The topological polar surface area (TPSA) is 70.1 Å². The van der Waals surface area contributed by atoms with Crippen LogP contribution < -0.4 is 0 Å². The Kier molecular flexibility index (Phi) is 4.66. The van der Waals surface area contributed by atoms with Crippen molar-refractivity contribution in [2.24, 2.45) is 4.40 Å². The summed E-state index contributed by atoms with van der Waals surface area (Å²) in [5.74, 6) is 0.212. The van der Waals surface area contributed by atoms with Gasteiger partial charge in [-0.3, -0.25) is 4.79 Å². The zero-order chi connectivity index (χ0) is 18.2. The highest BCUT2D eigenvalue weighted by Crippen LogP contribution is 2.27. The van der Waals surface area contributed by atoms with Gasteiger partial charge < -0.3 is 9.80 Å². The maximum atomic E-state index is 12.5. The second-order valence-corrected chi connectivity index (χ2v) is 8.59. The van der Waals surface area contributed by atoms with Crippen molar-refractivity contribution in [1.82, 2.24) is 9.80 Å². The molecule has 0 radical (unpaired) electrons. The molecule has 0 unspecified atom stereocenters. The average molecular weight is 377 g/mol. The summed E-state index contributed by atoms with van der Waals surface area (Å²) >= 11 is 1.62. The highest BCUT2D eigenvalue weighted by molar-refractivity contribution is 7.90. The van der Waals surface area contributed by atoms with Gasteiger partial charge in [0, 0.05) is 24.5 Å². The Labute approximate surface area is 151 Å². The fourth-order valence-corrected chi connectivity index (χ4v) is 4.84. The van der Waals surface area contributed by atoms with E-state index in [1.165, 1.54) is 6.07 Å². The molecule has 0 fully saturated rings. The van der Waals surface area contributed by atoms with E-state index in [0.717, 1.165) is 10.4 Å². The average Bonchev–Trinajstić information content (AvgIpc) is 3.09. The second-order valence-electron chi connectivity index (χ2n) is 6.02. The molecule has 1 aromatic heterocycles. The summed E-state index contributed by atoms with van der Waals surface area (Å²) in [6, 6.07) is 8.69. The third-order valence-corrected chi connectivity index (χ3v) is 6.45. The minimum absolute atomic E-state index is 0.0591. The van der Waals surface area contributed by atoms with E-state index in [1.54, 1.807) is 53.4 Å². The van der Waals surface area contributed by atoms with Crippen LogP contribution in [0.4, 0.5) is 0 Å². The van der Waals surface area contributed by atoms with Gasteiger partial charge in [0.25, 0.3) is 10.0 Å². The molecule has 2 aromatic rings. The van der Waals surface area contributed by atoms with Gasteiger partial charge in [-0.1, -0.05) is 12.1 Å². The van der Waals surface area contributed by atoms with E-state index in [0.29, 0.717) is 17.9 Å². The van der Waals surface area contributed by atoms with E-state index in [2.05, 4.69) is 4.40 Å². The number of fused-ring (bicyclic) bond motifs is 1. The van der Waals surface area contributed by atoms with Crippen molar-refractivity contribution in [3.05, 3.63) is 51.7 Å². The third kappa shape index (κ3) is 3.45. The predicted octanol–water partition coefficient (Wildman–Crippen LogP) is 2.10. The first-order chi connectivity index (χ1) is 11.8. The Morgan fingerprint density at radius 2 is 1.92 bits per heavy atom. The maximum Gasteiger partial charge on any atom is 0.285 e. The largest absolute Gasteiger partial charge is 0.349 e. The quantitative estimate of drug-likeness (QED) is 0.818. The van der Waals surface area contributed by atoms with Gasteiger partial charge in [0.15, 0.2) is 5.84 Å². The molecule has 1 aromatic carbocycles. The number of thiophene rings is 1. The van der Waals surface area contributed by atoms with Crippen LogP contribution in [0.1, 0.15) is 16.0 Å². The lowest BCUT2D eigenvalue weighted by Gasteiger charge is -2.23. The molecule has 0 N–H and O–H groups in total. The van der Waals surface area contributed by atoms with E-state index < -0.39 is 10.0 Å². The number of carbonyl (C=O) groups excluding carboxylic acids is 1. The van der Waals surface area contributed by atoms with Crippen LogP contribution in [-0.2, 0) is 21.4 Å². The first-order valence-electron chi connectivity index (χ1n) is 7.72. The molecule has 2 heterocycles. The Morgan fingerprint density at radius 3 is 2.60 bits per heavy atom. The highest BCUT2D eigenvalue weighted by Gasteiger charge is 2.31. The molecule has 0 atom stereocenters. The lowest BCUT2D eigenvalue weighted by Crippen LogP contribution is -2.39. The molecule has 0 spiro atoms. The molecule has 8 heteroatoms. The maximum absolute atomic E-state index is 12.5. The molecule has 132 valence electrons. The first-order valence-corrected chi connectivity index (χ1v) is 10.0. The number of hydrogen-bond donors (Lipinski definition) is 0. The monoisotopic (exact) mass is 377 g/mol. The van der Waals surface area contributed by atoms with Crippen molar-refractivity contribution in [3.8, 4) is 0 Å². The number of aryl methyl sites for hydroxylation is 1. The number of hydrogen-bond acceptors (Lipinski definition) is 5. The van der Waals surface area contributed by atoms with Crippen LogP contribution in [-0.4, -0.2) is 50.6 Å². The number of carbonyl (C=O) groups is 1. The molecule has 0 saturated heterocycles. The van der Waals surface area contributed by atoms with E-state index in [4.69, 9.17) is 0 Å². The van der Waals surface area contributed by atoms with Gasteiger partial charge in [0.2, 0.25) is 5.91 Å². The van der Waals surface area contributed by atoms with Crippen LogP contribution in [0.5, 0.6) is 0 Å². The third-order valence-electron chi connectivity index (χ3n) is 4.12. The minimum Gasteiger partial charge on any atom is -0.349 e. The van der Waals surface area contributed by atoms with Crippen molar-refractivity contribution >= 4 is 33.1 Å². The Morgan fingerprint density at radius 1 is 1.20 bits per heavy atom. The highest BCUT2D eigenvalue weighted by atomic mass is 32.2. The van der Waals surface area contributed by atoms with Crippen molar-refractivity contribution in [3.63, 3.8) is 0 Å². The fourth-order valence-electron chi connectivity index (χ4n) is 2.63. The second kappa shape index (κ2) is 6.61. The SMILES string of the molecule is Cc1ccsc1CN(C)C(=O)CN(C)C1=NS(=O)(=O)c2ccccc21. The van der Waals surface area contributed by atoms with Gasteiger partial charge in [-0.05, 0) is 36.1 Å². The molecule has 6 nitrogen and oxygen atoms in total. The summed E-state index contributed by atoms with van der Waals surface area (Å²) in [7, 11) is -0.254. The van der Waals surface area contributed by atoms with Crippen LogP contribution in [0.15, 0.2) is 45.0 Å². The van der Waals surface area contributed by atoms with Crippen molar-refractivity contribution in [2.75, 3.05) is 20.6 Å². The van der Waals surface area contributed by atoms with Crippen LogP contribution in [0.25, 0.3) is 0 Å². The first kappa shape index (κ1) is 17.6. The van der Waals surface area contributed by atoms with Crippen LogP contribution in [0.3, 0.4) is 0 Å². The lowest BCUT2D eigenvalue weighted by molar-refractivity contribution is -0.130. The standard InChI is InChI=1S/C17H19N3O3S2/c1-12-8-9-24-14(12)10-19(2)16(21)11-20(3)17-13-6-4-5-7-15(13)25(22,23)18-17/h4-9H,10-11H2,1-3H3. The Bertz CT molecular complexity index is 948. The molecule has 1 aliphatic rings. The summed E-state index contributed by atoms with van der Waals surface area (Å²) in [6.45, 7) is 2.62. The zero-order valence-corrected chi connectivity index (χ0v) is 15.9. The van der Waals surface area contributed by atoms with E-state index in [-0.39, 0.29) is 17.3 Å². The molecule has 1 aliphatic heterocycles. The number of benzene rings is 1. The van der Waals surface area contributed by atoms with Crippen molar-refractivity contribution in [1.29, 1.82) is 0 Å². The Balaban J connectivity index is 1.73. The molecule has 1 amide bonds. The molecular formula is C17H19N3O3S2. The van der Waals surface area contributed by atoms with Gasteiger partial charge >= 0.3 is 0 Å².